The van der Waals surface area contributed by atoms with Gasteiger partial charge in [0, 0.05) is 11.6 Å². The van der Waals surface area contributed by atoms with Crippen molar-refractivity contribution in [1.82, 2.24) is 0 Å². The summed E-state index contributed by atoms with van der Waals surface area (Å²) in [5.41, 5.74) is 2.57. The van der Waals surface area contributed by atoms with Crippen LogP contribution in [0.3, 0.4) is 0 Å². The smallest absolute Gasteiger partial charge is 0.266 e. The van der Waals surface area contributed by atoms with Gasteiger partial charge in [-0.15, -0.1) is 11.3 Å². The van der Waals surface area contributed by atoms with Crippen LogP contribution in [0.15, 0.2) is 24.3 Å². The van der Waals surface area contributed by atoms with Gasteiger partial charge in [0.25, 0.3) is 5.91 Å². The highest BCUT2D eigenvalue weighted by atomic mass is 32.1. The van der Waals surface area contributed by atoms with Gasteiger partial charge in [-0.2, -0.15) is 0 Å². The Morgan fingerprint density at radius 3 is 2.58 bits per heavy atom. The molecule has 1 heterocycles. The molecule has 0 atom stereocenters. The first-order valence-electron chi connectivity index (χ1n) is 8.94. The number of nitrogens with one attached hydrogen (secondary N) is 2. The second-order valence-corrected chi connectivity index (χ2v) is 7.72. The maximum absolute atomic E-state index is 12.6. The van der Waals surface area contributed by atoms with Gasteiger partial charge in [0.15, 0.2) is 0 Å². The third-order valence-corrected chi connectivity index (χ3v) is 5.39. The lowest BCUT2D eigenvalue weighted by molar-refractivity contribution is -0.117. The molecule has 0 aliphatic heterocycles. The zero-order chi connectivity index (χ0) is 18.7. The molecule has 0 radical (unpaired) electrons. The SMILES string of the molecule is CCCOc1ccc(NC(=O)c2sc(NC(=O)C3CC3)cc2C)c(C)c1. The Labute approximate surface area is 157 Å². The Kier molecular flexibility index (Phi) is 5.61. The van der Waals surface area contributed by atoms with Gasteiger partial charge < -0.3 is 15.4 Å². The van der Waals surface area contributed by atoms with Crippen LogP contribution in [0.2, 0.25) is 0 Å². The largest absolute Gasteiger partial charge is 0.494 e. The summed E-state index contributed by atoms with van der Waals surface area (Å²) in [4.78, 5) is 25.1. The number of amides is 2. The number of aryl methyl sites for hydroxylation is 2. The highest BCUT2D eigenvalue weighted by Crippen LogP contribution is 2.33. The molecule has 1 aliphatic carbocycles. The summed E-state index contributed by atoms with van der Waals surface area (Å²) in [6, 6.07) is 7.50. The Hall–Kier alpha value is -2.34. The van der Waals surface area contributed by atoms with E-state index in [9.17, 15) is 9.59 Å². The first kappa shape index (κ1) is 18.5. The van der Waals surface area contributed by atoms with Gasteiger partial charge in [-0.05, 0) is 68.5 Å². The molecule has 138 valence electrons. The molecular weight excluding hydrogens is 348 g/mol. The van der Waals surface area contributed by atoms with Crippen molar-refractivity contribution in [2.75, 3.05) is 17.2 Å². The third kappa shape index (κ3) is 4.43. The monoisotopic (exact) mass is 372 g/mol. The number of hydrogen-bond donors (Lipinski definition) is 2. The van der Waals surface area contributed by atoms with Crippen LogP contribution in [0, 0.1) is 19.8 Å². The minimum atomic E-state index is -0.162. The molecule has 1 fully saturated rings. The van der Waals surface area contributed by atoms with Crippen LogP contribution in [0.25, 0.3) is 0 Å². The van der Waals surface area contributed by atoms with Crippen LogP contribution < -0.4 is 15.4 Å². The number of thiophene rings is 1. The van der Waals surface area contributed by atoms with Crippen LogP contribution in [-0.2, 0) is 4.79 Å². The maximum Gasteiger partial charge on any atom is 0.266 e. The van der Waals surface area contributed by atoms with E-state index in [1.807, 2.05) is 38.1 Å². The van der Waals surface area contributed by atoms with Crippen molar-refractivity contribution in [3.05, 3.63) is 40.3 Å². The van der Waals surface area contributed by atoms with Crippen LogP contribution in [0.1, 0.15) is 47.0 Å². The molecule has 6 heteroatoms. The van der Waals surface area contributed by atoms with Crippen molar-refractivity contribution in [3.8, 4) is 5.75 Å². The quantitative estimate of drug-likeness (QED) is 0.737. The fourth-order valence-corrected chi connectivity index (χ4v) is 3.57. The number of ether oxygens (including phenoxy) is 1. The second-order valence-electron chi connectivity index (χ2n) is 6.67. The molecule has 1 aromatic heterocycles. The average Bonchev–Trinajstić information content (AvgIpc) is 3.39. The zero-order valence-electron chi connectivity index (χ0n) is 15.3. The number of anilines is 2. The van der Waals surface area contributed by atoms with Gasteiger partial charge in [-0.3, -0.25) is 9.59 Å². The summed E-state index contributed by atoms with van der Waals surface area (Å²) >= 11 is 1.31. The third-order valence-electron chi connectivity index (χ3n) is 4.24. The lowest BCUT2D eigenvalue weighted by Gasteiger charge is -2.11. The van der Waals surface area contributed by atoms with Crippen molar-refractivity contribution in [2.24, 2.45) is 5.92 Å². The average molecular weight is 372 g/mol. The Morgan fingerprint density at radius 1 is 1.15 bits per heavy atom. The van der Waals surface area contributed by atoms with Gasteiger partial charge in [-0.25, -0.2) is 0 Å². The van der Waals surface area contributed by atoms with Crippen molar-refractivity contribution in [2.45, 2.75) is 40.0 Å². The number of carbonyl (C=O) groups excluding carboxylic acids is 2. The zero-order valence-corrected chi connectivity index (χ0v) is 16.2. The van der Waals surface area contributed by atoms with Gasteiger partial charge in [0.2, 0.25) is 5.91 Å². The van der Waals surface area contributed by atoms with Gasteiger partial charge in [-0.1, -0.05) is 6.92 Å². The molecule has 0 saturated heterocycles. The highest BCUT2D eigenvalue weighted by Gasteiger charge is 2.30. The summed E-state index contributed by atoms with van der Waals surface area (Å²) < 4.78 is 5.61. The summed E-state index contributed by atoms with van der Waals surface area (Å²) in [6.45, 7) is 6.56. The minimum absolute atomic E-state index is 0.0525. The van der Waals surface area contributed by atoms with Gasteiger partial charge in [0.1, 0.15) is 5.75 Å². The molecule has 0 bridgehead atoms. The van der Waals surface area contributed by atoms with Crippen LogP contribution in [0.5, 0.6) is 5.75 Å². The molecule has 0 spiro atoms. The lowest BCUT2D eigenvalue weighted by Crippen LogP contribution is -2.13. The molecular formula is C20H24N2O3S. The maximum atomic E-state index is 12.6. The molecule has 5 nitrogen and oxygen atoms in total. The Balaban J connectivity index is 1.67. The minimum Gasteiger partial charge on any atom is -0.494 e. The molecule has 2 amide bonds. The highest BCUT2D eigenvalue weighted by molar-refractivity contribution is 7.18. The second kappa shape index (κ2) is 7.91. The van der Waals surface area contributed by atoms with E-state index < -0.39 is 0 Å². The number of carbonyl (C=O) groups is 2. The van der Waals surface area contributed by atoms with Gasteiger partial charge in [0.05, 0.1) is 16.5 Å². The van der Waals surface area contributed by atoms with E-state index in [1.165, 1.54) is 11.3 Å². The van der Waals surface area contributed by atoms with E-state index in [1.54, 1.807) is 0 Å². The van der Waals surface area contributed by atoms with E-state index in [-0.39, 0.29) is 17.7 Å². The van der Waals surface area contributed by atoms with E-state index in [0.717, 1.165) is 46.8 Å². The first-order valence-corrected chi connectivity index (χ1v) is 9.75. The van der Waals surface area contributed by atoms with Gasteiger partial charge >= 0.3 is 0 Å². The molecule has 1 aromatic carbocycles. The van der Waals surface area contributed by atoms with Crippen LogP contribution in [-0.4, -0.2) is 18.4 Å². The fraction of sp³-hybridized carbons (Fsp3) is 0.400. The lowest BCUT2D eigenvalue weighted by atomic mass is 10.2. The van der Waals surface area contributed by atoms with Crippen molar-refractivity contribution in [1.29, 1.82) is 0 Å². The molecule has 1 aliphatic rings. The van der Waals surface area contributed by atoms with Crippen LogP contribution in [0.4, 0.5) is 10.7 Å². The van der Waals surface area contributed by atoms with E-state index >= 15 is 0 Å². The summed E-state index contributed by atoms with van der Waals surface area (Å²) in [7, 11) is 0. The topological polar surface area (TPSA) is 67.4 Å². The Bertz CT molecular complexity index is 824. The predicted octanol–water partition coefficient (Wildman–Crippen LogP) is 4.75. The van der Waals surface area contributed by atoms with Crippen molar-refractivity contribution >= 4 is 33.8 Å². The molecule has 0 unspecified atom stereocenters. The van der Waals surface area contributed by atoms with Crippen molar-refractivity contribution in [3.63, 3.8) is 0 Å². The predicted molar refractivity (Wildman–Crippen MR) is 105 cm³/mol. The molecule has 2 aromatic rings. The summed E-state index contributed by atoms with van der Waals surface area (Å²) in [6.07, 6.45) is 2.87. The number of hydrogen-bond acceptors (Lipinski definition) is 4. The molecule has 1 saturated carbocycles. The summed E-state index contributed by atoms with van der Waals surface area (Å²) in [5.74, 6) is 0.840. The molecule has 26 heavy (non-hydrogen) atoms. The normalized spacial score (nSPS) is 13.3. The molecule has 3 rings (SSSR count). The summed E-state index contributed by atoms with van der Waals surface area (Å²) in [5, 5.41) is 6.59. The van der Waals surface area contributed by atoms with Crippen LogP contribution >= 0.6 is 11.3 Å². The van der Waals surface area contributed by atoms with Crippen molar-refractivity contribution < 1.29 is 14.3 Å². The number of benzene rings is 1. The van der Waals surface area contributed by atoms with E-state index in [2.05, 4.69) is 17.6 Å². The number of rotatable bonds is 7. The first-order chi connectivity index (χ1) is 12.5. The van der Waals surface area contributed by atoms with E-state index in [0.29, 0.717) is 11.5 Å². The van der Waals surface area contributed by atoms with E-state index in [4.69, 9.17) is 4.74 Å². The Morgan fingerprint density at radius 2 is 1.92 bits per heavy atom. The standard InChI is InChI=1S/C20H24N2O3S/c1-4-9-25-15-7-8-16(12(2)10-15)21-20(24)18-13(3)11-17(26-18)22-19(23)14-5-6-14/h7-8,10-11,14H,4-6,9H2,1-3H3,(H,21,24)(H,22,23). The fourth-order valence-electron chi connectivity index (χ4n) is 2.60. The molecule has 2 N–H and O–H groups in total.